The van der Waals surface area contributed by atoms with Crippen LogP contribution in [-0.4, -0.2) is 132 Å². The van der Waals surface area contributed by atoms with Gasteiger partial charge in [0.15, 0.2) is 0 Å². The number of carbonyl (C=O) groups excluding carboxylic acids is 2. The maximum absolute atomic E-state index is 14.6. The molecule has 260 valence electrons. The molecule has 11 nitrogen and oxygen atoms in total. The van der Waals surface area contributed by atoms with E-state index in [4.69, 9.17) is 27.9 Å². The van der Waals surface area contributed by atoms with Gasteiger partial charge in [0.2, 0.25) is 5.91 Å². The number of halogens is 2. The van der Waals surface area contributed by atoms with Crippen molar-refractivity contribution >= 4 is 46.9 Å². The number of piperazine rings is 1. The first-order valence-electron chi connectivity index (χ1n) is 17.0. The van der Waals surface area contributed by atoms with Crippen LogP contribution in [0.3, 0.4) is 0 Å². The van der Waals surface area contributed by atoms with Crippen LogP contribution in [0.25, 0.3) is 0 Å². The molecular formula is C35H46Cl2N6O5. The van der Waals surface area contributed by atoms with E-state index in [-0.39, 0.29) is 24.5 Å². The van der Waals surface area contributed by atoms with Crippen LogP contribution in [0.4, 0.5) is 15.3 Å². The van der Waals surface area contributed by atoms with E-state index >= 15 is 0 Å². The number of nitrogens with zero attached hydrogens (tertiary/aromatic N) is 5. The van der Waals surface area contributed by atoms with Gasteiger partial charge in [-0.3, -0.25) is 9.69 Å². The fraction of sp³-hybridized carbons (Fsp3) is 0.571. The van der Waals surface area contributed by atoms with Gasteiger partial charge in [0.1, 0.15) is 5.75 Å². The third-order valence-electron chi connectivity index (χ3n) is 10.8. The molecule has 0 saturated carbocycles. The van der Waals surface area contributed by atoms with Gasteiger partial charge in [0, 0.05) is 76.2 Å². The molecule has 6 rings (SSSR count). The zero-order chi connectivity index (χ0) is 33.9. The molecule has 0 spiro atoms. The molecule has 2 N–H and O–H groups in total. The van der Waals surface area contributed by atoms with Crippen molar-refractivity contribution in [1.29, 1.82) is 0 Å². The Hall–Kier alpha value is -3.25. The number of carboxylic acid groups (broad SMARTS) is 1. The molecule has 2 unspecified atom stereocenters. The number of urea groups is 1. The Labute approximate surface area is 292 Å². The summed E-state index contributed by atoms with van der Waals surface area (Å²) in [5.41, 5.74) is 2.55. The first-order chi connectivity index (χ1) is 23.1. The zero-order valence-electron chi connectivity index (χ0n) is 27.7. The van der Waals surface area contributed by atoms with Crippen molar-refractivity contribution < 1.29 is 24.2 Å². The van der Waals surface area contributed by atoms with Crippen molar-refractivity contribution in [1.82, 2.24) is 24.5 Å². The monoisotopic (exact) mass is 700 g/mol. The van der Waals surface area contributed by atoms with Crippen molar-refractivity contribution in [3.05, 3.63) is 57.6 Å². The standard InChI is InChI=1S/C35H46Cl2N6O5/c1-39-15-17-40(18-16-39)25-8-11-41(12-9-25)33(44)28(19-23-3-5-29(36)30(37)20-23)32-22-26(10-14-43(32)35(46)47)42-13-7-24-21-27(48-2)4-6-31(24)38-34(42)45/h3-6,20-21,25-26,28,32H,7-19,22H2,1-2H3,(H,38,45)(H,46,47)/t26?,28?,32-/m1/s1. The topological polar surface area (TPSA) is 109 Å². The smallest absolute Gasteiger partial charge is 0.407 e. The Morgan fingerprint density at radius 3 is 2.35 bits per heavy atom. The van der Waals surface area contributed by atoms with Crippen molar-refractivity contribution in [2.75, 3.05) is 71.8 Å². The van der Waals surface area contributed by atoms with Crippen LogP contribution in [-0.2, 0) is 17.6 Å². The number of carbonyl (C=O) groups is 3. The quantitative estimate of drug-likeness (QED) is 0.419. The molecule has 2 aromatic carbocycles. The minimum atomic E-state index is -1.06. The van der Waals surface area contributed by atoms with E-state index in [1.165, 1.54) is 4.90 Å². The summed E-state index contributed by atoms with van der Waals surface area (Å²) in [6.07, 6.45) is 2.51. The van der Waals surface area contributed by atoms with Crippen LogP contribution < -0.4 is 10.1 Å². The molecule has 0 radical (unpaired) electrons. The minimum Gasteiger partial charge on any atom is -0.497 e. The lowest BCUT2D eigenvalue weighted by molar-refractivity contribution is -0.140. The third-order valence-corrected chi connectivity index (χ3v) is 11.5. The van der Waals surface area contributed by atoms with Gasteiger partial charge >= 0.3 is 12.1 Å². The highest BCUT2D eigenvalue weighted by atomic mass is 35.5. The average Bonchev–Trinajstić information content (AvgIpc) is 3.26. The Kier molecular flexibility index (Phi) is 10.9. The van der Waals surface area contributed by atoms with Gasteiger partial charge in [-0.05, 0) is 87.0 Å². The molecule has 3 saturated heterocycles. The van der Waals surface area contributed by atoms with E-state index in [0.717, 1.165) is 61.6 Å². The Morgan fingerprint density at radius 1 is 0.938 bits per heavy atom. The molecule has 3 fully saturated rings. The number of likely N-dealkylation sites (tertiary alicyclic amines) is 2. The minimum absolute atomic E-state index is 0.0466. The lowest BCUT2D eigenvalue weighted by Crippen LogP contribution is -2.59. The molecule has 4 heterocycles. The molecule has 4 amide bonds. The summed E-state index contributed by atoms with van der Waals surface area (Å²) in [5, 5.41) is 14.3. The first-order valence-corrected chi connectivity index (χ1v) is 17.8. The number of nitrogens with one attached hydrogen (secondary N) is 1. The van der Waals surface area contributed by atoms with Gasteiger partial charge in [-0.25, -0.2) is 9.59 Å². The van der Waals surface area contributed by atoms with Crippen molar-refractivity contribution in [2.24, 2.45) is 5.92 Å². The second-order valence-electron chi connectivity index (χ2n) is 13.6. The summed E-state index contributed by atoms with van der Waals surface area (Å²) in [6.45, 7) is 6.14. The highest BCUT2D eigenvalue weighted by Crippen LogP contribution is 2.34. The Bertz CT molecular complexity index is 1500. The molecule has 0 aromatic heterocycles. The molecule has 0 aliphatic carbocycles. The lowest BCUT2D eigenvalue weighted by atomic mass is 9.82. The predicted octanol–water partition coefficient (Wildman–Crippen LogP) is 5.00. The Morgan fingerprint density at radius 2 is 1.67 bits per heavy atom. The molecule has 13 heteroatoms. The number of anilines is 1. The van der Waals surface area contributed by atoms with Gasteiger partial charge in [0.25, 0.3) is 0 Å². The third kappa shape index (κ3) is 7.64. The van der Waals surface area contributed by atoms with E-state index in [9.17, 15) is 19.5 Å². The molecule has 4 aliphatic heterocycles. The van der Waals surface area contributed by atoms with E-state index < -0.39 is 18.1 Å². The van der Waals surface area contributed by atoms with Crippen LogP contribution >= 0.6 is 23.2 Å². The summed E-state index contributed by atoms with van der Waals surface area (Å²) >= 11 is 12.6. The second kappa shape index (κ2) is 15.1. The Balaban J connectivity index is 1.23. The number of hydrogen-bond acceptors (Lipinski definition) is 6. The second-order valence-corrected chi connectivity index (χ2v) is 14.4. The van der Waals surface area contributed by atoms with E-state index in [1.54, 1.807) is 19.2 Å². The SMILES string of the molecule is COc1ccc2c(c1)CCN(C1CCN(C(=O)O)[C@@H](C(Cc3ccc(Cl)c(Cl)c3)C(=O)N3CCC(N4CCN(C)CC4)CC3)C1)C(=O)N2. The van der Waals surface area contributed by atoms with Crippen molar-refractivity contribution in [2.45, 2.75) is 56.7 Å². The maximum Gasteiger partial charge on any atom is 0.407 e. The summed E-state index contributed by atoms with van der Waals surface area (Å²) in [5.74, 6) is 0.0231. The molecule has 2 aromatic rings. The number of fused-ring (bicyclic) bond motifs is 1. The molecular weight excluding hydrogens is 655 g/mol. The van der Waals surface area contributed by atoms with Gasteiger partial charge < -0.3 is 34.8 Å². The van der Waals surface area contributed by atoms with Crippen LogP contribution in [0.1, 0.15) is 36.8 Å². The molecule has 48 heavy (non-hydrogen) atoms. The summed E-state index contributed by atoms with van der Waals surface area (Å²) in [4.78, 5) is 51.0. The van der Waals surface area contributed by atoms with Crippen LogP contribution in [0.15, 0.2) is 36.4 Å². The number of piperidine rings is 2. The maximum atomic E-state index is 14.6. The number of rotatable bonds is 7. The van der Waals surface area contributed by atoms with Crippen LogP contribution in [0, 0.1) is 5.92 Å². The van der Waals surface area contributed by atoms with Gasteiger partial charge in [-0.2, -0.15) is 0 Å². The molecule has 3 atom stereocenters. The first kappa shape index (κ1) is 34.6. The fourth-order valence-electron chi connectivity index (χ4n) is 7.96. The highest BCUT2D eigenvalue weighted by Gasteiger charge is 2.44. The number of methoxy groups -OCH3 is 1. The van der Waals surface area contributed by atoms with E-state index in [0.29, 0.717) is 61.4 Å². The summed E-state index contributed by atoms with van der Waals surface area (Å²) < 4.78 is 5.40. The van der Waals surface area contributed by atoms with Gasteiger partial charge in [-0.15, -0.1) is 0 Å². The van der Waals surface area contributed by atoms with Crippen molar-refractivity contribution in [3.8, 4) is 5.75 Å². The largest absolute Gasteiger partial charge is 0.497 e. The highest BCUT2D eigenvalue weighted by molar-refractivity contribution is 6.42. The number of ether oxygens (including phenoxy) is 1. The number of amides is 4. The predicted molar refractivity (Wildman–Crippen MR) is 186 cm³/mol. The zero-order valence-corrected chi connectivity index (χ0v) is 29.3. The number of likely N-dealkylation sites (N-methyl/N-ethyl adjacent to an activating group) is 1. The summed E-state index contributed by atoms with van der Waals surface area (Å²) in [7, 11) is 3.77. The van der Waals surface area contributed by atoms with Gasteiger partial charge in [-0.1, -0.05) is 29.3 Å². The lowest BCUT2D eigenvalue weighted by Gasteiger charge is -2.46. The van der Waals surface area contributed by atoms with Crippen LogP contribution in [0.2, 0.25) is 10.0 Å². The number of benzene rings is 2. The van der Waals surface area contributed by atoms with Crippen molar-refractivity contribution in [3.63, 3.8) is 0 Å². The molecule has 0 bridgehead atoms. The average molecular weight is 702 g/mol. The molecule has 4 aliphatic rings. The van der Waals surface area contributed by atoms with Gasteiger partial charge in [0.05, 0.1) is 23.1 Å². The number of hydrogen-bond donors (Lipinski definition) is 2. The van der Waals surface area contributed by atoms with E-state index in [2.05, 4.69) is 22.2 Å². The van der Waals surface area contributed by atoms with Crippen LogP contribution in [0.5, 0.6) is 5.75 Å². The normalized spacial score (nSPS) is 23.7. The fourth-order valence-corrected chi connectivity index (χ4v) is 8.29. The summed E-state index contributed by atoms with van der Waals surface area (Å²) in [6, 6.07) is 10.3. The van der Waals surface area contributed by atoms with E-state index in [1.807, 2.05) is 34.1 Å².